The van der Waals surface area contributed by atoms with E-state index in [-0.39, 0.29) is 67.0 Å². The summed E-state index contributed by atoms with van der Waals surface area (Å²) in [6.45, 7) is 0. The monoisotopic (exact) mass is 802 g/mol. The summed E-state index contributed by atoms with van der Waals surface area (Å²) in [7, 11) is -10.3. The number of pyridine rings is 4. The van der Waals surface area contributed by atoms with Crippen LogP contribution in [0.1, 0.15) is 0 Å². The average Bonchev–Trinajstić information content (AvgIpc) is 2.80. The van der Waals surface area contributed by atoms with Gasteiger partial charge in [0.25, 0.3) is 0 Å². The van der Waals surface area contributed by atoms with Gasteiger partial charge in [-0.05, 0) is 48.5 Å². The molecule has 258 valence electrons. The van der Waals surface area contributed by atoms with Crippen molar-refractivity contribution in [1.82, 2.24) is 19.9 Å². The molecule has 0 atom stereocenters. The summed E-state index contributed by atoms with van der Waals surface area (Å²) in [5.41, 5.74) is 0. The zero-order chi connectivity index (χ0) is 26.9. The molecule has 4 rings (SSSR count). The first-order valence-electron chi connectivity index (χ1n) is 9.23. The van der Waals surface area contributed by atoms with Gasteiger partial charge in [-0.25, -0.2) is 19.9 Å². The Hall–Kier alpha value is -2.16. The van der Waals surface area contributed by atoms with E-state index < -0.39 is 20.8 Å². The van der Waals surface area contributed by atoms with Crippen LogP contribution in [0.15, 0.2) is 118 Å². The molecule has 18 nitrogen and oxygen atoms in total. The third-order valence-electron chi connectivity index (χ3n) is 2.97. The quantitative estimate of drug-likeness (QED) is 0.118. The molecule has 0 amide bonds. The van der Waals surface area contributed by atoms with E-state index in [2.05, 4.69) is 19.9 Å². The second kappa shape index (κ2) is 33.7. The molecule has 44 heavy (non-hydrogen) atoms. The molecular weight excluding hydrogens is 776 g/mol. The summed E-state index contributed by atoms with van der Waals surface area (Å²) in [4.78, 5) is 16.8. The van der Waals surface area contributed by atoms with Gasteiger partial charge >= 0.3 is 34.1 Å². The summed E-state index contributed by atoms with van der Waals surface area (Å²) in [6, 6.07) is 23.4. The predicted molar refractivity (Wildman–Crippen MR) is 148 cm³/mol. The van der Waals surface area contributed by atoms with Gasteiger partial charge in [-0.3, -0.25) is 16.8 Å². The molecule has 4 heterocycles. The van der Waals surface area contributed by atoms with E-state index in [1.54, 1.807) is 48.3 Å². The number of aromatic nitrogens is 4. The Balaban J connectivity index is -0.0000000665. The van der Waals surface area contributed by atoms with Crippen LogP contribution in [-0.4, -0.2) is 87.8 Å². The Morgan fingerprint density at radius 1 is 0.409 bits per heavy atom. The van der Waals surface area contributed by atoms with E-state index in [0.717, 1.165) is 20.1 Å². The van der Waals surface area contributed by atoms with Crippen LogP contribution in [-0.2, 0) is 54.9 Å². The van der Waals surface area contributed by atoms with E-state index in [1.165, 1.54) is 0 Å². The Labute approximate surface area is 282 Å². The van der Waals surface area contributed by atoms with Gasteiger partial charge in [0.15, 0.2) is 0 Å². The smallest absolute Gasteiger partial charge is 0.759 e. The van der Waals surface area contributed by atoms with Crippen molar-refractivity contribution < 1.29 is 102 Å². The maximum absolute atomic E-state index is 8.52. The number of hydrogen-bond donors (Lipinski definition) is 0. The van der Waals surface area contributed by atoms with Crippen molar-refractivity contribution in [2.24, 2.45) is 0 Å². The van der Waals surface area contributed by atoms with Crippen molar-refractivity contribution in [3.05, 3.63) is 97.6 Å². The second-order valence-electron chi connectivity index (χ2n) is 5.69. The van der Waals surface area contributed by atoms with E-state index in [9.17, 15) is 0 Å². The number of nitrogens with zero attached hydrogens (tertiary/aromatic N) is 4. The van der Waals surface area contributed by atoms with Gasteiger partial charge in [0.1, 0.15) is 20.1 Å². The normalized spacial score (nSPS) is 8.45. The minimum absolute atomic E-state index is 0. The van der Waals surface area contributed by atoms with Gasteiger partial charge in [-0.15, -0.1) is 0 Å². The fraction of sp³-hybridized carbons (Fsp3) is 0. The molecule has 12 N–H and O–H groups in total. The Morgan fingerprint density at radius 2 is 0.568 bits per heavy atom. The van der Waals surface area contributed by atoms with Crippen LogP contribution in [0, 0.1) is 0 Å². The molecule has 2 radical (unpaired) electrons. The van der Waals surface area contributed by atoms with Gasteiger partial charge in [-0.1, -0.05) is 47.8 Å². The third-order valence-corrected chi connectivity index (χ3v) is 4.77. The van der Waals surface area contributed by atoms with Gasteiger partial charge < -0.3 is 51.1 Å². The van der Waals surface area contributed by atoms with Gasteiger partial charge in [0.05, 0.1) is 0 Å². The van der Waals surface area contributed by atoms with Gasteiger partial charge in [-0.2, -0.15) is 0 Å². The molecule has 0 aliphatic rings. The number of rotatable bonds is 4. The fourth-order valence-electron chi connectivity index (χ4n) is 1.84. The number of hydrogen-bond acceptors (Lipinski definition) is 14. The predicted octanol–water partition coefficient (Wildman–Crippen LogP) is -2.37. The summed E-state index contributed by atoms with van der Waals surface area (Å²) < 4.78 is 68.2. The van der Waals surface area contributed by atoms with Crippen molar-refractivity contribution >= 4 is 44.3 Å². The van der Waals surface area contributed by atoms with Crippen LogP contribution in [0.3, 0.4) is 0 Å². The van der Waals surface area contributed by atoms with E-state index >= 15 is 0 Å². The summed E-state index contributed by atoms with van der Waals surface area (Å²) in [6.07, 6.45) is 7.13. The molecule has 0 bridgehead atoms. The van der Waals surface area contributed by atoms with Crippen LogP contribution in [0.5, 0.6) is 0 Å². The van der Waals surface area contributed by atoms with Crippen LogP contribution >= 0.6 is 23.5 Å². The average molecular weight is 804 g/mol. The van der Waals surface area contributed by atoms with Gasteiger partial charge in [0, 0.05) is 45.6 Å². The minimum atomic E-state index is -5.17. The van der Waals surface area contributed by atoms with E-state index in [0.29, 0.717) is 0 Å². The molecule has 0 aliphatic heterocycles. The summed E-state index contributed by atoms with van der Waals surface area (Å²) in [5.74, 6) is 0. The Bertz CT molecular complexity index is 1160. The summed E-state index contributed by atoms with van der Waals surface area (Å²) >= 11 is 3.13. The standard InChI is InChI=1S/2C10H8N2S.2Cu.2H2O4S.6H2O/c2*1-3-7-11-9(5-1)13-10-6-2-4-8-12-10;;;2*1-5(2,3)4;;;;;;/h2*1-8H;;;2*(H2,1,2,3,4);6*1H2/q;;2*+2;;;;;;;;/p-4. The Morgan fingerprint density at radius 3 is 0.682 bits per heavy atom. The van der Waals surface area contributed by atoms with Crippen LogP contribution in [0.4, 0.5) is 0 Å². The fourth-order valence-corrected chi connectivity index (χ4v) is 3.31. The maximum atomic E-state index is 8.52. The summed E-state index contributed by atoms with van der Waals surface area (Å²) in [5, 5.41) is 3.89. The first kappa shape index (κ1) is 60.9. The molecule has 4 aromatic heterocycles. The molecule has 0 aliphatic carbocycles. The molecule has 0 spiro atoms. The van der Waals surface area contributed by atoms with Gasteiger partial charge in [0.2, 0.25) is 0 Å². The zero-order valence-electron chi connectivity index (χ0n) is 21.5. The molecule has 4 aromatic rings. The maximum Gasteiger partial charge on any atom is 2.00 e. The molecule has 0 saturated heterocycles. The van der Waals surface area contributed by atoms with Crippen LogP contribution in [0.2, 0.25) is 0 Å². The first-order valence-corrected chi connectivity index (χ1v) is 13.5. The molecular formula is C20H28Cu2N4O14S4. The van der Waals surface area contributed by atoms with E-state index in [1.807, 2.05) is 72.8 Å². The second-order valence-corrected chi connectivity index (χ2v) is 9.41. The van der Waals surface area contributed by atoms with Crippen LogP contribution in [0.25, 0.3) is 0 Å². The molecule has 0 saturated carbocycles. The Kier molecular flexibility index (Phi) is 46.7. The third kappa shape index (κ3) is 42.0. The zero-order valence-corrected chi connectivity index (χ0v) is 26.7. The molecule has 0 unspecified atom stereocenters. The SMILES string of the molecule is O.O.O.O.O.O.O=S(=O)([O-])[O-].O=S(=O)([O-])[O-].[Cu+2].[Cu+2].c1ccc(Sc2ccccn2)nc1.c1ccc(Sc2ccccn2)nc1. The molecule has 0 fully saturated rings. The topological polar surface area (TPSA) is 401 Å². The van der Waals surface area contributed by atoms with Crippen molar-refractivity contribution in [2.45, 2.75) is 20.1 Å². The van der Waals surface area contributed by atoms with E-state index in [4.69, 9.17) is 35.0 Å². The van der Waals surface area contributed by atoms with Crippen molar-refractivity contribution in [3.63, 3.8) is 0 Å². The largest absolute Gasteiger partial charge is 2.00 e. The minimum Gasteiger partial charge on any atom is -0.759 e. The van der Waals surface area contributed by atoms with Crippen molar-refractivity contribution in [2.75, 3.05) is 0 Å². The first-order chi connectivity index (χ1) is 16.9. The van der Waals surface area contributed by atoms with Crippen molar-refractivity contribution in [1.29, 1.82) is 0 Å². The molecule has 24 heteroatoms. The molecule has 0 aromatic carbocycles. The van der Waals surface area contributed by atoms with Crippen LogP contribution < -0.4 is 0 Å². The van der Waals surface area contributed by atoms with Crippen molar-refractivity contribution in [3.8, 4) is 0 Å².